The first-order valence-electron chi connectivity index (χ1n) is 6.74. The average Bonchev–Trinajstić information content (AvgIpc) is 3.20. The van der Waals surface area contributed by atoms with Gasteiger partial charge in [0.1, 0.15) is 11.0 Å². The summed E-state index contributed by atoms with van der Waals surface area (Å²) in [6, 6.07) is 11.5. The summed E-state index contributed by atoms with van der Waals surface area (Å²) in [6.07, 6.45) is 3.13. The number of hydrogen-bond acceptors (Lipinski definition) is 5. The first-order valence-corrected chi connectivity index (χ1v) is 7.62. The monoisotopic (exact) mass is 309 g/mol. The lowest BCUT2D eigenvalue weighted by atomic mass is 10.2. The van der Waals surface area contributed by atoms with E-state index in [0.29, 0.717) is 22.8 Å². The fourth-order valence-electron chi connectivity index (χ4n) is 2.26. The number of oxazole rings is 1. The molecular formula is C16H11N3O2S. The molecule has 1 aromatic carbocycles. The van der Waals surface area contributed by atoms with E-state index in [1.807, 2.05) is 41.8 Å². The lowest BCUT2D eigenvalue weighted by molar-refractivity contribution is 0.571. The Labute approximate surface area is 129 Å². The molecule has 3 heterocycles. The van der Waals surface area contributed by atoms with Gasteiger partial charge in [0, 0.05) is 5.56 Å². The molecule has 3 aromatic heterocycles. The Morgan fingerprint density at radius 2 is 2.05 bits per heavy atom. The van der Waals surface area contributed by atoms with Crippen LogP contribution in [0, 0.1) is 0 Å². The van der Waals surface area contributed by atoms with Crippen LogP contribution in [0.1, 0.15) is 5.69 Å². The van der Waals surface area contributed by atoms with Crippen molar-refractivity contribution in [1.82, 2.24) is 14.5 Å². The predicted octanol–water partition coefficient (Wildman–Crippen LogP) is 3.16. The minimum Gasteiger partial charge on any atom is -0.444 e. The second-order valence-corrected chi connectivity index (χ2v) is 5.74. The zero-order valence-electron chi connectivity index (χ0n) is 11.5. The summed E-state index contributed by atoms with van der Waals surface area (Å²) >= 11 is 1.40. The van der Waals surface area contributed by atoms with Gasteiger partial charge in [0.05, 0.1) is 24.1 Å². The lowest BCUT2D eigenvalue weighted by Gasteiger charge is -2.01. The fourth-order valence-corrected chi connectivity index (χ4v) is 3.05. The van der Waals surface area contributed by atoms with Gasteiger partial charge in [-0.2, -0.15) is 0 Å². The van der Waals surface area contributed by atoms with Gasteiger partial charge in [-0.15, -0.1) is 11.3 Å². The number of benzene rings is 1. The zero-order chi connectivity index (χ0) is 14.9. The van der Waals surface area contributed by atoms with Gasteiger partial charge in [0.15, 0.2) is 0 Å². The third kappa shape index (κ3) is 2.23. The Bertz CT molecular complexity index is 985. The fraction of sp³-hybridized carbons (Fsp3) is 0.0625. The molecule has 6 heteroatoms. The van der Waals surface area contributed by atoms with Gasteiger partial charge < -0.3 is 4.42 Å². The zero-order valence-corrected chi connectivity index (χ0v) is 12.3. The first-order chi connectivity index (χ1) is 10.8. The molecule has 108 valence electrons. The van der Waals surface area contributed by atoms with Crippen molar-refractivity contribution in [3.63, 3.8) is 0 Å². The summed E-state index contributed by atoms with van der Waals surface area (Å²) in [5.41, 5.74) is 2.28. The molecule has 22 heavy (non-hydrogen) atoms. The second-order valence-electron chi connectivity index (χ2n) is 4.82. The van der Waals surface area contributed by atoms with Crippen LogP contribution in [0.4, 0.5) is 0 Å². The number of hydrogen-bond donors (Lipinski definition) is 0. The van der Waals surface area contributed by atoms with E-state index in [1.54, 1.807) is 17.2 Å². The van der Waals surface area contributed by atoms with E-state index in [-0.39, 0.29) is 5.56 Å². The molecule has 0 radical (unpaired) electrons. The molecule has 5 nitrogen and oxygen atoms in total. The molecule has 0 amide bonds. The van der Waals surface area contributed by atoms with Gasteiger partial charge in [-0.05, 0) is 23.6 Å². The molecular weight excluding hydrogens is 298 g/mol. The molecule has 4 rings (SSSR count). The van der Waals surface area contributed by atoms with Crippen LogP contribution in [0.3, 0.4) is 0 Å². The van der Waals surface area contributed by atoms with Crippen LogP contribution in [-0.2, 0) is 6.54 Å². The van der Waals surface area contributed by atoms with Gasteiger partial charge in [-0.1, -0.05) is 18.2 Å². The Kier molecular flexibility index (Phi) is 3.08. The van der Waals surface area contributed by atoms with E-state index in [9.17, 15) is 4.79 Å². The summed E-state index contributed by atoms with van der Waals surface area (Å²) in [7, 11) is 0. The summed E-state index contributed by atoms with van der Waals surface area (Å²) < 4.78 is 7.70. The molecule has 0 fully saturated rings. The molecule has 0 N–H and O–H groups in total. The first kappa shape index (κ1) is 13.0. The maximum Gasteiger partial charge on any atom is 0.271 e. The molecule has 0 unspecified atom stereocenters. The van der Waals surface area contributed by atoms with Crippen LogP contribution in [0.5, 0.6) is 0 Å². The summed E-state index contributed by atoms with van der Waals surface area (Å²) in [6.45, 7) is 0.343. The minimum absolute atomic E-state index is 0.0516. The van der Waals surface area contributed by atoms with Gasteiger partial charge in [0.2, 0.25) is 5.89 Å². The van der Waals surface area contributed by atoms with Crippen LogP contribution in [-0.4, -0.2) is 14.5 Å². The Balaban J connectivity index is 1.67. The van der Waals surface area contributed by atoms with E-state index >= 15 is 0 Å². The van der Waals surface area contributed by atoms with E-state index in [4.69, 9.17) is 4.42 Å². The minimum atomic E-state index is -0.0516. The van der Waals surface area contributed by atoms with Crippen LogP contribution in [0.25, 0.3) is 21.7 Å². The van der Waals surface area contributed by atoms with Gasteiger partial charge >= 0.3 is 0 Å². The molecule has 4 aromatic rings. The van der Waals surface area contributed by atoms with E-state index in [2.05, 4.69) is 9.97 Å². The maximum atomic E-state index is 12.3. The van der Waals surface area contributed by atoms with Crippen molar-refractivity contribution >= 4 is 21.6 Å². The Hall–Kier alpha value is -2.73. The van der Waals surface area contributed by atoms with Crippen LogP contribution in [0.15, 0.2) is 63.6 Å². The van der Waals surface area contributed by atoms with Crippen molar-refractivity contribution in [1.29, 1.82) is 0 Å². The second kappa shape index (κ2) is 5.23. The number of rotatable bonds is 3. The molecule has 0 bridgehead atoms. The Morgan fingerprint density at radius 1 is 1.18 bits per heavy atom. The highest BCUT2D eigenvalue weighted by Gasteiger charge is 2.10. The van der Waals surface area contributed by atoms with Crippen molar-refractivity contribution < 1.29 is 4.42 Å². The summed E-state index contributed by atoms with van der Waals surface area (Å²) in [5.74, 6) is 0.550. The largest absolute Gasteiger partial charge is 0.444 e. The molecule has 0 spiro atoms. The third-order valence-electron chi connectivity index (χ3n) is 3.34. The summed E-state index contributed by atoms with van der Waals surface area (Å²) in [5, 5.41) is 1.87. The smallest absolute Gasteiger partial charge is 0.271 e. The molecule has 0 aliphatic carbocycles. The van der Waals surface area contributed by atoms with Crippen LogP contribution in [0.2, 0.25) is 0 Å². The van der Waals surface area contributed by atoms with Crippen molar-refractivity contribution in [2.24, 2.45) is 0 Å². The molecule has 0 aliphatic heterocycles. The number of thiophene rings is 1. The highest BCUT2D eigenvalue weighted by molar-refractivity contribution is 7.17. The van der Waals surface area contributed by atoms with E-state index in [1.165, 1.54) is 11.3 Å². The molecule has 0 saturated carbocycles. The van der Waals surface area contributed by atoms with Crippen molar-refractivity contribution in [3.05, 3.63) is 70.4 Å². The van der Waals surface area contributed by atoms with Crippen molar-refractivity contribution in [2.75, 3.05) is 0 Å². The van der Waals surface area contributed by atoms with Gasteiger partial charge in [-0.3, -0.25) is 9.36 Å². The third-order valence-corrected chi connectivity index (χ3v) is 4.23. The van der Waals surface area contributed by atoms with Crippen molar-refractivity contribution in [2.45, 2.75) is 6.54 Å². The van der Waals surface area contributed by atoms with Crippen LogP contribution >= 0.6 is 11.3 Å². The average molecular weight is 309 g/mol. The van der Waals surface area contributed by atoms with Gasteiger partial charge in [0.25, 0.3) is 5.56 Å². The summed E-state index contributed by atoms with van der Waals surface area (Å²) in [4.78, 5) is 21.1. The van der Waals surface area contributed by atoms with Crippen LogP contribution < -0.4 is 5.56 Å². The number of fused-ring (bicyclic) bond motifs is 1. The molecule has 0 atom stereocenters. The molecule has 0 aliphatic rings. The van der Waals surface area contributed by atoms with Crippen molar-refractivity contribution in [3.8, 4) is 11.5 Å². The normalized spacial score (nSPS) is 11.1. The number of aromatic nitrogens is 3. The molecule has 0 saturated heterocycles. The SMILES string of the molecule is O=c1c2sccc2ncn1Cc1coc(-c2ccccc2)n1. The Morgan fingerprint density at radius 3 is 2.91 bits per heavy atom. The highest BCUT2D eigenvalue weighted by atomic mass is 32.1. The quantitative estimate of drug-likeness (QED) is 0.583. The standard InChI is InChI=1S/C16H11N3O2S/c20-16-14-13(6-7-22-14)17-10-19(16)8-12-9-21-15(18-12)11-4-2-1-3-5-11/h1-7,9-10H,8H2. The highest BCUT2D eigenvalue weighted by Crippen LogP contribution is 2.18. The number of nitrogens with zero attached hydrogens (tertiary/aromatic N) is 3. The predicted molar refractivity (Wildman–Crippen MR) is 84.9 cm³/mol. The topological polar surface area (TPSA) is 60.9 Å². The van der Waals surface area contributed by atoms with E-state index < -0.39 is 0 Å². The van der Waals surface area contributed by atoms with E-state index in [0.717, 1.165) is 11.1 Å². The lowest BCUT2D eigenvalue weighted by Crippen LogP contribution is -2.20. The van der Waals surface area contributed by atoms with Gasteiger partial charge in [-0.25, -0.2) is 9.97 Å². The maximum absolute atomic E-state index is 12.3.